The number of rotatable bonds is 3. The molecule has 3 heteroatoms. The van der Waals surface area contributed by atoms with Crippen LogP contribution in [0.4, 0.5) is 0 Å². The van der Waals surface area contributed by atoms with Crippen molar-refractivity contribution in [3.8, 4) is 0 Å². The van der Waals surface area contributed by atoms with Gasteiger partial charge in [-0.15, -0.1) is 0 Å². The van der Waals surface area contributed by atoms with Crippen molar-refractivity contribution in [3.63, 3.8) is 0 Å². The Morgan fingerprint density at radius 3 is 2.82 bits per heavy atom. The van der Waals surface area contributed by atoms with Crippen molar-refractivity contribution in [3.05, 3.63) is 64.4 Å². The standard InChI is InChI=1S/C14H12ClNO/c1-10-7-12(5-6-16-10)14(17)9-11-3-2-4-13(15)8-11/h2-8H,9H2,1H3. The van der Waals surface area contributed by atoms with Crippen LogP contribution < -0.4 is 0 Å². The number of aryl methyl sites for hydroxylation is 1. The molecule has 0 fully saturated rings. The molecule has 86 valence electrons. The molecular weight excluding hydrogens is 234 g/mol. The minimum Gasteiger partial charge on any atom is -0.294 e. The van der Waals surface area contributed by atoms with Crippen molar-refractivity contribution in [2.45, 2.75) is 13.3 Å². The van der Waals surface area contributed by atoms with Crippen LogP contribution >= 0.6 is 11.6 Å². The summed E-state index contributed by atoms with van der Waals surface area (Å²) in [5, 5.41) is 0.654. The van der Waals surface area contributed by atoms with Gasteiger partial charge in [-0.25, -0.2) is 0 Å². The summed E-state index contributed by atoms with van der Waals surface area (Å²) in [6.07, 6.45) is 2.02. The van der Waals surface area contributed by atoms with E-state index in [0.717, 1.165) is 11.3 Å². The van der Waals surface area contributed by atoms with Gasteiger partial charge in [0.05, 0.1) is 0 Å². The van der Waals surface area contributed by atoms with E-state index in [-0.39, 0.29) is 5.78 Å². The quantitative estimate of drug-likeness (QED) is 0.775. The number of halogens is 1. The molecule has 0 unspecified atom stereocenters. The Balaban J connectivity index is 2.17. The molecule has 0 spiro atoms. The summed E-state index contributed by atoms with van der Waals surface area (Å²) in [6, 6.07) is 10.9. The van der Waals surface area contributed by atoms with E-state index in [1.54, 1.807) is 24.4 Å². The Hall–Kier alpha value is -1.67. The Bertz CT molecular complexity index is 551. The van der Waals surface area contributed by atoms with Gasteiger partial charge in [0.15, 0.2) is 5.78 Å². The summed E-state index contributed by atoms with van der Waals surface area (Å²) in [5.41, 5.74) is 2.47. The summed E-state index contributed by atoms with van der Waals surface area (Å²) in [7, 11) is 0. The lowest BCUT2D eigenvalue weighted by molar-refractivity contribution is 0.0993. The monoisotopic (exact) mass is 245 g/mol. The van der Waals surface area contributed by atoms with Crippen molar-refractivity contribution in [2.75, 3.05) is 0 Å². The third-order valence-electron chi connectivity index (χ3n) is 2.47. The van der Waals surface area contributed by atoms with E-state index in [0.29, 0.717) is 17.0 Å². The molecule has 0 amide bonds. The minimum absolute atomic E-state index is 0.0813. The largest absolute Gasteiger partial charge is 0.294 e. The number of pyridine rings is 1. The van der Waals surface area contributed by atoms with Crippen molar-refractivity contribution in [2.24, 2.45) is 0 Å². The Morgan fingerprint density at radius 2 is 2.12 bits per heavy atom. The maximum atomic E-state index is 12.0. The summed E-state index contributed by atoms with van der Waals surface area (Å²) in [6.45, 7) is 1.87. The highest BCUT2D eigenvalue weighted by molar-refractivity contribution is 6.30. The average molecular weight is 246 g/mol. The lowest BCUT2D eigenvalue weighted by atomic mass is 10.0. The molecule has 0 bridgehead atoms. The minimum atomic E-state index is 0.0813. The molecule has 2 rings (SSSR count). The molecule has 1 aromatic heterocycles. The van der Waals surface area contributed by atoms with Crippen molar-refractivity contribution in [1.82, 2.24) is 4.98 Å². The van der Waals surface area contributed by atoms with Crippen LogP contribution in [0, 0.1) is 6.92 Å². The summed E-state index contributed by atoms with van der Waals surface area (Å²) in [4.78, 5) is 16.1. The lowest BCUT2D eigenvalue weighted by Gasteiger charge is -2.02. The van der Waals surface area contributed by atoms with E-state index in [1.807, 2.05) is 25.1 Å². The van der Waals surface area contributed by atoms with Crippen molar-refractivity contribution in [1.29, 1.82) is 0 Å². The first-order valence-corrected chi connectivity index (χ1v) is 5.73. The first kappa shape index (κ1) is 11.8. The number of carbonyl (C=O) groups is 1. The molecule has 1 aromatic carbocycles. The third kappa shape index (κ3) is 3.14. The molecule has 1 heterocycles. The van der Waals surface area contributed by atoms with E-state index < -0.39 is 0 Å². The number of nitrogens with zero attached hydrogens (tertiary/aromatic N) is 1. The van der Waals surface area contributed by atoms with Crippen LogP contribution in [0.1, 0.15) is 21.6 Å². The topological polar surface area (TPSA) is 30.0 Å². The second-order valence-corrected chi connectivity index (χ2v) is 4.35. The predicted octanol–water partition coefficient (Wildman–Crippen LogP) is 3.47. The normalized spacial score (nSPS) is 10.2. The van der Waals surface area contributed by atoms with Crippen LogP contribution in [0.3, 0.4) is 0 Å². The highest BCUT2D eigenvalue weighted by atomic mass is 35.5. The first-order chi connectivity index (χ1) is 8.15. The fraction of sp³-hybridized carbons (Fsp3) is 0.143. The maximum absolute atomic E-state index is 12.0. The number of aromatic nitrogens is 1. The third-order valence-corrected chi connectivity index (χ3v) is 2.71. The summed E-state index contributed by atoms with van der Waals surface area (Å²) >= 11 is 5.88. The van der Waals surface area contributed by atoms with E-state index in [1.165, 1.54) is 0 Å². The Morgan fingerprint density at radius 1 is 1.29 bits per heavy atom. The summed E-state index contributed by atoms with van der Waals surface area (Å²) < 4.78 is 0. The first-order valence-electron chi connectivity index (χ1n) is 5.35. The molecule has 0 atom stereocenters. The summed E-state index contributed by atoms with van der Waals surface area (Å²) in [5.74, 6) is 0.0813. The molecule has 0 aliphatic heterocycles. The molecule has 0 saturated heterocycles. The maximum Gasteiger partial charge on any atom is 0.167 e. The second kappa shape index (κ2) is 5.11. The Labute approximate surface area is 105 Å². The van der Waals surface area contributed by atoms with Crippen molar-refractivity contribution < 1.29 is 4.79 Å². The fourth-order valence-corrected chi connectivity index (χ4v) is 1.87. The number of benzene rings is 1. The van der Waals surface area contributed by atoms with Gasteiger partial charge < -0.3 is 0 Å². The zero-order chi connectivity index (χ0) is 12.3. The number of hydrogen-bond acceptors (Lipinski definition) is 2. The number of hydrogen-bond donors (Lipinski definition) is 0. The van der Waals surface area contributed by atoms with Crippen LogP contribution in [0.5, 0.6) is 0 Å². The van der Waals surface area contributed by atoms with Gasteiger partial charge in [-0.2, -0.15) is 0 Å². The molecule has 0 N–H and O–H groups in total. The second-order valence-electron chi connectivity index (χ2n) is 3.92. The molecule has 2 nitrogen and oxygen atoms in total. The van der Waals surface area contributed by atoms with Gasteiger partial charge in [-0.3, -0.25) is 9.78 Å². The Kier molecular flexibility index (Phi) is 3.55. The zero-order valence-corrected chi connectivity index (χ0v) is 10.2. The number of carbonyl (C=O) groups excluding carboxylic acids is 1. The molecule has 0 aliphatic carbocycles. The van der Waals surface area contributed by atoms with Crippen LogP contribution in [-0.2, 0) is 6.42 Å². The average Bonchev–Trinajstić information content (AvgIpc) is 2.29. The van der Waals surface area contributed by atoms with Gasteiger partial charge in [0.1, 0.15) is 0 Å². The van der Waals surface area contributed by atoms with Crippen LogP contribution in [0.2, 0.25) is 5.02 Å². The predicted molar refractivity (Wildman–Crippen MR) is 68.5 cm³/mol. The van der Waals surface area contributed by atoms with Gasteiger partial charge in [0.2, 0.25) is 0 Å². The van der Waals surface area contributed by atoms with E-state index in [2.05, 4.69) is 4.98 Å². The van der Waals surface area contributed by atoms with Gasteiger partial charge in [-0.1, -0.05) is 23.7 Å². The number of ketones is 1. The lowest BCUT2D eigenvalue weighted by Crippen LogP contribution is -2.04. The van der Waals surface area contributed by atoms with Gasteiger partial charge in [-0.05, 0) is 36.8 Å². The number of Topliss-reactive ketones (excluding diaryl/α,β-unsaturated/α-hetero) is 1. The van der Waals surface area contributed by atoms with Gasteiger partial charge in [0, 0.05) is 28.9 Å². The van der Waals surface area contributed by atoms with Crippen LogP contribution in [-0.4, -0.2) is 10.8 Å². The highest BCUT2D eigenvalue weighted by Crippen LogP contribution is 2.13. The van der Waals surface area contributed by atoms with Crippen LogP contribution in [0.25, 0.3) is 0 Å². The van der Waals surface area contributed by atoms with Gasteiger partial charge >= 0.3 is 0 Å². The highest BCUT2D eigenvalue weighted by Gasteiger charge is 2.07. The van der Waals surface area contributed by atoms with Crippen molar-refractivity contribution >= 4 is 17.4 Å². The fourth-order valence-electron chi connectivity index (χ4n) is 1.65. The molecule has 0 saturated carbocycles. The van der Waals surface area contributed by atoms with Gasteiger partial charge in [0.25, 0.3) is 0 Å². The van der Waals surface area contributed by atoms with E-state index >= 15 is 0 Å². The smallest absolute Gasteiger partial charge is 0.167 e. The van der Waals surface area contributed by atoms with E-state index in [4.69, 9.17) is 11.6 Å². The zero-order valence-electron chi connectivity index (χ0n) is 9.48. The molecule has 0 aliphatic rings. The molecular formula is C14H12ClNO. The molecule has 0 radical (unpaired) electrons. The van der Waals surface area contributed by atoms with E-state index in [9.17, 15) is 4.79 Å². The molecule has 17 heavy (non-hydrogen) atoms. The SMILES string of the molecule is Cc1cc(C(=O)Cc2cccc(Cl)c2)ccn1. The molecule has 2 aromatic rings. The van der Waals surface area contributed by atoms with Crippen LogP contribution in [0.15, 0.2) is 42.6 Å².